The lowest BCUT2D eigenvalue weighted by Crippen LogP contribution is -2.58. The predicted octanol–water partition coefficient (Wildman–Crippen LogP) is 0.820. The molecule has 0 aromatic carbocycles. The molecule has 1 heterocycles. The van der Waals surface area contributed by atoms with Gasteiger partial charge in [0.05, 0.1) is 0 Å². The Morgan fingerprint density at radius 2 is 1.94 bits per heavy atom. The Kier molecular flexibility index (Phi) is 4.74. The molecule has 1 rings (SSSR count). The smallest absolute Gasteiger partial charge is 0.251 e. The van der Waals surface area contributed by atoms with Crippen LogP contribution in [0.3, 0.4) is 0 Å². The van der Waals surface area contributed by atoms with Crippen molar-refractivity contribution < 1.29 is 9.53 Å². The molecule has 0 unspecified atom stereocenters. The average Bonchev–Trinajstić information content (AvgIpc) is 2.26. The number of hydrogen-bond donors (Lipinski definition) is 0. The van der Waals surface area contributed by atoms with E-state index in [0.29, 0.717) is 12.0 Å². The Balaban J connectivity index is 2.72. The number of methoxy groups -OCH3 is 1. The maximum atomic E-state index is 12.1. The minimum atomic E-state index is -0.329. The molecule has 4 nitrogen and oxygen atoms in total. The van der Waals surface area contributed by atoms with Gasteiger partial charge < -0.3 is 14.5 Å². The first-order chi connectivity index (χ1) is 7.47. The Bertz CT molecular complexity index is 243. The van der Waals surface area contributed by atoms with Gasteiger partial charge in [-0.25, -0.2) is 0 Å². The zero-order valence-corrected chi connectivity index (χ0v) is 11.1. The van der Waals surface area contributed by atoms with Gasteiger partial charge in [0.1, 0.15) is 6.10 Å². The number of ether oxygens (including phenoxy) is 1. The molecule has 0 aromatic rings. The molecule has 2 atom stereocenters. The lowest BCUT2D eigenvalue weighted by Gasteiger charge is -2.43. The minimum Gasteiger partial charge on any atom is -0.372 e. The normalized spacial score (nSPS) is 24.9. The zero-order chi connectivity index (χ0) is 12.3. The van der Waals surface area contributed by atoms with Crippen molar-refractivity contribution in [1.29, 1.82) is 0 Å². The molecule has 0 aromatic heterocycles. The van der Waals surface area contributed by atoms with Gasteiger partial charge in [-0.15, -0.1) is 0 Å². The van der Waals surface area contributed by atoms with Gasteiger partial charge in [0.15, 0.2) is 0 Å². The molecule has 0 radical (unpaired) electrons. The first-order valence-electron chi connectivity index (χ1n) is 5.99. The molecule has 1 amide bonds. The maximum Gasteiger partial charge on any atom is 0.251 e. The number of amides is 1. The summed E-state index contributed by atoms with van der Waals surface area (Å²) in [6.07, 6.45) is -0.329. The number of carbonyl (C=O) groups is 1. The fourth-order valence-electron chi connectivity index (χ4n) is 2.13. The summed E-state index contributed by atoms with van der Waals surface area (Å²) in [5, 5.41) is 0. The highest BCUT2D eigenvalue weighted by Gasteiger charge is 2.33. The standard InChI is InChI=1S/C12H24N2O2/c1-9(2)11-8-13(4)6-7-14(11)12(15)10(3)16-5/h9-11H,6-8H2,1-5H3/t10-,11-/m0/s1. The van der Waals surface area contributed by atoms with Crippen molar-refractivity contribution >= 4 is 5.91 Å². The van der Waals surface area contributed by atoms with Crippen molar-refractivity contribution in [3.8, 4) is 0 Å². The molecule has 0 bridgehead atoms. The summed E-state index contributed by atoms with van der Waals surface area (Å²) in [5.74, 6) is 0.602. The van der Waals surface area contributed by atoms with E-state index in [0.717, 1.165) is 19.6 Å². The lowest BCUT2D eigenvalue weighted by molar-refractivity contribution is -0.147. The van der Waals surface area contributed by atoms with Crippen LogP contribution in [-0.2, 0) is 9.53 Å². The topological polar surface area (TPSA) is 32.8 Å². The molecule has 0 saturated carbocycles. The Morgan fingerprint density at radius 1 is 1.31 bits per heavy atom. The third kappa shape index (κ3) is 2.95. The monoisotopic (exact) mass is 228 g/mol. The number of likely N-dealkylation sites (N-methyl/N-ethyl adjacent to an activating group) is 1. The first kappa shape index (κ1) is 13.5. The van der Waals surface area contributed by atoms with E-state index >= 15 is 0 Å². The molecule has 4 heteroatoms. The maximum absolute atomic E-state index is 12.1. The van der Waals surface area contributed by atoms with Crippen molar-refractivity contribution in [3.05, 3.63) is 0 Å². The summed E-state index contributed by atoms with van der Waals surface area (Å²) in [6, 6.07) is 0.309. The molecule has 1 fully saturated rings. The van der Waals surface area contributed by atoms with E-state index in [4.69, 9.17) is 4.74 Å². The second-order valence-corrected chi connectivity index (χ2v) is 4.98. The molecule has 0 aliphatic carbocycles. The van der Waals surface area contributed by atoms with Gasteiger partial charge in [-0.3, -0.25) is 4.79 Å². The van der Waals surface area contributed by atoms with Crippen LogP contribution in [0.4, 0.5) is 0 Å². The van der Waals surface area contributed by atoms with E-state index < -0.39 is 0 Å². The zero-order valence-electron chi connectivity index (χ0n) is 11.1. The number of nitrogens with zero attached hydrogens (tertiary/aromatic N) is 2. The highest BCUT2D eigenvalue weighted by molar-refractivity contribution is 5.81. The van der Waals surface area contributed by atoms with Crippen LogP contribution in [0.1, 0.15) is 20.8 Å². The van der Waals surface area contributed by atoms with Gasteiger partial charge in [0, 0.05) is 32.8 Å². The van der Waals surface area contributed by atoms with Crippen LogP contribution in [0.2, 0.25) is 0 Å². The van der Waals surface area contributed by atoms with Crippen LogP contribution in [0.5, 0.6) is 0 Å². The quantitative estimate of drug-likeness (QED) is 0.717. The number of rotatable bonds is 3. The Morgan fingerprint density at radius 3 is 2.44 bits per heavy atom. The molecule has 0 spiro atoms. The summed E-state index contributed by atoms with van der Waals surface area (Å²) in [7, 11) is 3.69. The summed E-state index contributed by atoms with van der Waals surface area (Å²) in [4.78, 5) is 16.4. The van der Waals surface area contributed by atoms with Gasteiger partial charge in [-0.2, -0.15) is 0 Å². The third-order valence-electron chi connectivity index (χ3n) is 3.38. The van der Waals surface area contributed by atoms with Gasteiger partial charge >= 0.3 is 0 Å². The third-order valence-corrected chi connectivity index (χ3v) is 3.38. The molecule has 0 N–H and O–H groups in total. The summed E-state index contributed by atoms with van der Waals surface area (Å²) in [5.41, 5.74) is 0. The summed E-state index contributed by atoms with van der Waals surface area (Å²) in [6.45, 7) is 8.87. The van der Waals surface area contributed by atoms with E-state index in [-0.39, 0.29) is 12.0 Å². The predicted molar refractivity (Wildman–Crippen MR) is 64.3 cm³/mol. The fraction of sp³-hybridized carbons (Fsp3) is 0.917. The molecule has 1 aliphatic heterocycles. The number of hydrogen-bond acceptors (Lipinski definition) is 3. The molecule has 16 heavy (non-hydrogen) atoms. The van der Waals surface area contributed by atoms with E-state index in [9.17, 15) is 4.79 Å². The molecule has 94 valence electrons. The fourth-order valence-corrected chi connectivity index (χ4v) is 2.13. The van der Waals surface area contributed by atoms with Crippen LogP contribution in [-0.4, -0.2) is 61.6 Å². The Hall–Kier alpha value is -0.610. The van der Waals surface area contributed by atoms with Gasteiger partial charge in [-0.1, -0.05) is 13.8 Å². The molecule has 1 aliphatic rings. The largest absolute Gasteiger partial charge is 0.372 e. The highest BCUT2D eigenvalue weighted by Crippen LogP contribution is 2.17. The van der Waals surface area contributed by atoms with Crippen LogP contribution in [0.15, 0.2) is 0 Å². The van der Waals surface area contributed by atoms with Gasteiger partial charge in [-0.05, 0) is 19.9 Å². The lowest BCUT2D eigenvalue weighted by atomic mass is 9.99. The van der Waals surface area contributed by atoms with Crippen molar-refractivity contribution in [1.82, 2.24) is 9.80 Å². The summed E-state index contributed by atoms with van der Waals surface area (Å²) >= 11 is 0. The van der Waals surface area contributed by atoms with Crippen molar-refractivity contribution in [2.24, 2.45) is 5.92 Å². The molecular formula is C12H24N2O2. The van der Waals surface area contributed by atoms with Crippen molar-refractivity contribution in [2.45, 2.75) is 32.9 Å². The van der Waals surface area contributed by atoms with Crippen LogP contribution in [0.25, 0.3) is 0 Å². The van der Waals surface area contributed by atoms with Crippen molar-refractivity contribution in [3.63, 3.8) is 0 Å². The first-order valence-corrected chi connectivity index (χ1v) is 5.99. The van der Waals surface area contributed by atoms with Crippen molar-refractivity contribution in [2.75, 3.05) is 33.8 Å². The summed E-state index contributed by atoms with van der Waals surface area (Å²) < 4.78 is 5.12. The van der Waals surface area contributed by atoms with Gasteiger partial charge in [0.25, 0.3) is 5.91 Å². The van der Waals surface area contributed by atoms with E-state index in [1.807, 2.05) is 11.8 Å². The van der Waals surface area contributed by atoms with Gasteiger partial charge in [0.2, 0.25) is 0 Å². The highest BCUT2D eigenvalue weighted by atomic mass is 16.5. The SMILES string of the molecule is CO[C@@H](C)C(=O)N1CCN(C)C[C@H]1C(C)C. The minimum absolute atomic E-state index is 0.120. The van der Waals surface area contributed by atoms with E-state index in [1.54, 1.807) is 7.11 Å². The number of piperazine rings is 1. The number of carbonyl (C=O) groups excluding carboxylic acids is 1. The van der Waals surface area contributed by atoms with Crippen LogP contribution < -0.4 is 0 Å². The average molecular weight is 228 g/mol. The second kappa shape index (κ2) is 5.64. The van der Waals surface area contributed by atoms with E-state index in [1.165, 1.54) is 0 Å². The van der Waals surface area contributed by atoms with E-state index in [2.05, 4.69) is 25.8 Å². The van der Waals surface area contributed by atoms with Crippen LogP contribution >= 0.6 is 0 Å². The molecular weight excluding hydrogens is 204 g/mol. The molecule has 1 saturated heterocycles. The second-order valence-electron chi connectivity index (χ2n) is 4.98. The Labute approximate surface area is 98.5 Å². The van der Waals surface area contributed by atoms with Crippen LogP contribution in [0, 0.1) is 5.92 Å².